The summed E-state index contributed by atoms with van der Waals surface area (Å²) in [7, 11) is -4.07. The molecule has 0 aliphatic heterocycles. The van der Waals surface area contributed by atoms with E-state index in [1.165, 1.54) is 31.0 Å². The number of fused-ring (bicyclic) bond motifs is 1. The zero-order valence-corrected chi connectivity index (χ0v) is 29.9. The highest BCUT2D eigenvalue weighted by molar-refractivity contribution is 7.93. The van der Waals surface area contributed by atoms with Crippen molar-refractivity contribution < 1.29 is 26.3 Å². The van der Waals surface area contributed by atoms with Crippen molar-refractivity contribution in [1.29, 1.82) is 0 Å². The lowest BCUT2D eigenvalue weighted by molar-refractivity contribution is 0.414. The van der Waals surface area contributed by atoms with Crippen molar-refractivity contribution in [3.63, 3.8) is 0 Å². The van der Waals surface area contributed by atoms with Crippen LogP contribution in [-0.4, -0.2) is 72.6 Å². The molecule has 266 valence electrons. The van der Waals surface area contributed by atoms with Gasteiger partial charge in [-0.2, -0.15) is 4.80 Å². The summed E-state index contributed by atoms with van der Waals surface area (Å²) in [4.78, 5) is 4.85. The van der Waals surface area contributed by atoms with Crippen molar-refractivity contribution in [2.24, 2.45) is 12.8 Å². The van der Waals surface area contributed by atoms with Crippen LogP contribution in [0.5, 0.6) is 11.5 Å². The van der Waals surface area contributed by atoms with E-state index in [9.17, 15) is 16.8 Å². The van der Waals surface area contributed by atoms with Crippen LogP contribution in [0.25, 0.3) is 33.5 Å². The fourth-order valence-electron chi connectivity index (χ4n) is 5.71. The van der Waals surface area contributed by atoms with Crippen LogP contribution in [0.4, 0.5) is 5.95 Å². The standard InChI is InChI=1S/C34H37N9O6S2/c1-21(35)20-50(44,45)29-17-16-26(27-6-5-7-28-31(27)38-34(36)42(28)2)30(32(29)51(46,47)37-18-22-8-12-24(48-3)13-9-22)33-39-41-43(40-33)19-23-10-14-25(49-4)15-11-23/h5-17,21,37H,18-20,35H2,1-4H3,(H2,36,38). The normalized spacial score (nSPS) is 12.6. The third-order valence-corrected chi connectivity index (χ3v) is 11.8. The molecule has 0 radical (unpaired) electrons. The van der Waals surface area contributed by atoms with E-state index in [0.29, 0.717) is 39.2 Å². The Balaban J connectivity index is 1.59. The molecule has 4 aromatic carbocycles. The van der Waals surface area contributed by atoms with E-state index in [4.69, 9.17) is 20.9 Å². The Morgan fingerprint density at radius 1 is 0.863 bits per heavy atom. The number of nitrogen functional groups attached to an aromatic ring is 1. The predicted octanol–water partition coefficient (Wildman–Crippen LogP) is 3.14. The number of nitrogens with one attached hydrogen (secondary N) is 1. The number of hydrogen-bond acceptors (Lipinski definition) is 12. The van der Waals surface area contributed by atoms with Crippen LogP contribution in [0.2, 0.25) is 0 Å². The maximum Gasteiger partial charge on any atom is 0.242 e. The first-order chi connectivity index (χ1) is 24.3. The van der Waals surface area contributed by atoms with Gasteiger partial charge in [0, 0.05) is 25.2 Å². The fourth-order valence-corrected chi connectivity index (χ4v) is 9.25. The Morgan fingerprint density at radius 3 is 2.14 bits per heavy atom. The highest BCUT2D eigenvalue weighted by Crippen LogP contribution is 2.42. The second kappa shape index (κ2) is 14.1. The molecule has 0 bridgehead atoms. The number of aryl methyl sites for hydroxylation is 1. The van der Waals surface area contributed by atoms with E-state index >= 15 is 0 Å². The molecule has 0 aliphatic carbocycles. The second-order valence-electron chi connectivity index (χ2n) is 11.9. The molecule has 2 aromatic heterocycles. The second-order valence-corrected chi connectivity index (χ2v) is 15.6. The Kier molecular flexibility index (Phi) is 9.81. The number of hydrogen-bond donors (Lipinski definition) is 3. The number of tetrazole rings is 1. The number of benzene rings is 4. The van der Waals surface area contributed by atoms with Crippen LogP contribution >= 0.6 is 0 Å². The van der Waals surface area contributed by atoms with E-state index in [0.717, 1.165) is 5.56 Å². The SMILES string of the molecule is COc1ccc(CNS(=O)(=O)c2c(S(=O)(=O)CC(C)N)ccc(-c3cccc4c3nc(N)n4C)c2-c2nnn(Cc3ccc(OC)cc3)n2)cc1. The molecule has 6 rings (SSSR count). The van der Waals surface area contributed by atoms with Crippen molar-refractivity contribution in [1.82, 2.24) is 34.5 Å². The number of imidazole rings is 1. The number of nitrogens with zero attached hydrogens (tertiary/aromatic N) is 6. The Morgan fingerprint density at radius 2 is 1.51 bits per heavy atom. The average molecular weight is 732 g/mol. The number of ether oxygens (including phenoxy) is 2. The van der Waals surface area contributed by atoms with Crippen molar-refractivity contribution in [3.8, 4) is 34.0 Å². The van der Waals surface area contributed by atoms with E-state index in [2.05, 4.69) is 25.1 Å². The molecule has 0 saturated heterocycles. The number of para-hydroxylation sites is 1. The van der Waals surface area contributed by atoms with Gasteiger partial charge in [-0.1, -0.05) is 42.5 Å². The summed E-state index contributed by atoms with van der Waals surface area (Å²) in [6, 6.07) is 21.4. The van der Waals surface area contributed by atoms with Gasteiger partial charge < -0.3 is 25.5 Å². The summed E-state index contributed by atoms with van der Waals surface area (Å²) in [5, 5.41) is 13.1. The number of sulfonamides is 1. The van der Waals surface area contributed by atoms with Crippen molar-refractivity contribution in [3.05, 3.63) is 90.0 Å². The maximum absolute atomic E-state index is 14.6. The lowest BCUT2D eigenvalue weighted by Gasteiger charge is -2.19. The molecular formula is C34H37N9O6S2. The van der Waals surface area contributed by atoms with Gasteiger partial charge in [0.1, 0.15) is 16.4 Å². The van der Waals surface area contributed by atoms with E-state index in [-0.39, 0.29) is 30.4 Å². The van der Waals surface area contributed by atoms with Crippen LogP contribution in [0, 0.1) is 0 Å². The number of aromatic nitrogens is 6. The van der Waals surface area contributed by atoms with Gasteiger partial charge >= 0.3 is 0 Å². The smallest absolute Gasteiger partial charge is 0.242 e. The summed E-state index contributed by atoms with van der Waals surface area (Å²) in [5.74, 6) is 0.849. The van der Waals surface area contributed by atoms with E-state index < -0.39 is 41.4 Å². The molecule has 17 heteroatoms. The minimum absolute atomic E-state index is 0.0827. The third-order valence-electron chi connectivity index (χ3n) is 8.23. The summed E-state index contributed by atoms with van der Waals surface area (Å²) < 4.78 is 71.8. The van der Waals surface area contributed by atoms with Crippen LogP contribution in [0.3, 0.4) is 0 Å². The lowest BCUT2D eigenvalue weighted by Crippen LogP contribution is -2.30. The number of sulfone groups is 1. The van der Waals surface area contributed by atoms with Crippen LogP contribution in [0.15, 0.2) is 88.7 Å². The number of anilines is 1. The van der Waals surface area contributed by atoms with Crippen LogP contribution < -0.4 is 25.7 Å². The molecule has 2 heterocycles. The molecule has 0 spiro atoms. The van der Waals surface area contributed by atoms with Crippen LogP contribution in [0.1, 0.15) is 18.1 Å². The van der Waals surface area contributed by atoms with E-state index in [1.54, 1.807) is 67.3 Å². The van der Waals surface area contributed by atoms with Crippen molar-refractivity contribution >= 4 is 36.8 Å². The van der Waals surface area contributed by atoms with Gasteiger partial charge in [-0.15, -0.1) is 10.2 Å². The molecule has 6 aromatic rings. The molecule has 51 heavy (non-hydrogen) atoms. The minimum atomic E-state index is -4.63. The summed E-state index contributed by atoms with van der Waals surface area (Å²) in [5.41, 5.74) is 15.4. The van der Waals surface area contributed by atoms with Gasteiger partial charge in [-0.25, -0.2) is 26.5 Å². The molecule has 1 atom stereocenters. The highest BCUT2D eigenvalue weighted by atomic mass is 32.2. The predicted molar refractivity (Wildman–Crippen MR) is 192 cm³/mol. The summed E-state index contributed by atoms with van der Waals surface area (Å²) >= 11 is 0. The lowest BCUT2D eigenvalue weighted by atomic mass is 9.98. The fraction of sp³-hybridized carbons (Fsp3) is 0.235. The first kappa shape index (κ1) is 35.5. The minimum Gasteiger partial charge on any atom is -0.497 e. The molecule has 0 saturated carbocycles. The Hall–Kier alpha value is -5.36. The molecule has 0 fully saturated rings. The average Bonchev–Trinajstić information content (AvgIpc) is 3.69. The summed E-state index contributed by atoms with van der Waals surface area (Å²) in [6.45, 7) is 1.55. The molecule has 15 nitrogen and oxygen atoms in total. The van der Waals surface area contributed by atoms with Gasteiger partial charge in [0.2, 0.25) is 21.8 Å². The van der Waals surface area contributed by atoms with E-state index in [1.807, 2.05) is 18.2 Å². The third kappa shape index (κ3) is 7.27. The molecule has 1 unspecified atom stereocenters. The number of rotatable bonds is 13. The molecule has 0 aliphatic rings. The first-order valence-corrected chi connectivity index (χ1v) is 18.8. The van der Waals surface area contributed by atoms with Crippen molar-refractivity contribution in [2.75, 3.05) is 25.7 Å². The van der Waals surface area contributed by atoms with Gasteiger partial charge in [-0.05, 0) is 65.2 Å². The zero-order chi connectivity index (χ0) is 36.5. The van der Waals surface area contributed by atoms with Gasteiger partial charge in [0.15, 0.2) is 9.84 Å². The van der Waals surface area contributed by atoms with Crippen LogP contribution in [-0.2, 0) is 40.0 Å². The zero-order valence-electron chi connectivity index (χ0n) is 28.3. The topological polar surface area (TPSA) is 212 Å². The quantitative estimate of drug-likeness (QED) is 0.156. The number of nitrogens with two attached hydrogens (primary N) is 2. The molecule has 0 amide bonds. The summed E-state index contributed by atoms with van der Waals surface area (Å²) in [6.07, 6.45) is 0. The van der Waals surface area contributed by atoms with Gasteiger partial charge in [-0.3, -0.25) is 0 Å². The van der Waals surface area contributed by atoms with Gasteiger partial charge in [0.25, 0.3) is 0 Å². The monoisotopic (exact) mass is 731 g/mol. The Bertz CT molecular complexity index is 2430. The first-order valence-electron chi connectivity index (χ1n) is 15.7. The maximum atomic E-state index is 14.6. The van der Waals surface area contributed by atoms with Gasteiger partial charge in [0.05, 0.1) is 48.0 Å². The molecule has 5 N–H and O–H groups in total. The Labute approximate surface area is 295 Å². The highest BCUT2D eigenvalue weighted by Gasteiger charge is 2.35. The number of methoxy groups -OCH3 is 2. The molecular weight excluding hydrogens is 695 g/mol. The largest absolute Gasteiger partial charge is 0.497 e. The van der Waals surface area contributed by atoms with Crippen molar-refractivity contribution in [2.45, 2.75) is 35.8 Å².